The number of fused-ring (bicyclic) bond motifs is 1. The number of amides is 2. The second-order valence-electron chi connectivity index (χ2n) is 8.58. The van der Waals surface area contributed by atoms with Gasteiger partial charge < -0.3 is 41.0 Å². The first-order valence-corrected chi connectivity index (χ1v) is 11.4. The fraction of sp³-hybridized carbons (Fsp3) is 0.455. The summed E-state index contributed by atoms with van der Waals surface area (Å²) < 4.78 is 9.98. The summed E-state index contributed by atoms with van der Waals surface area (Å²) in [5.41, 5.74) is 6.17. The van der Waals surface area contributed by atoms with Crippen LogP contribution >= 0.6 is 11.6 Å². The zero-order valence-corrected chi connectivity index (χ0v) is 19.3. The number of aliphatic hydroxyl groups excluding tert-OH is 3. The molecule has 5 unspecified atom stereocenters. The number of carbonyl (C=O) groups excluding carboxylic acids is 3. The van der Waals surface area contributed by atoms with E-state index < -0.39 is 72.6 Å². The molecule has 14 heteroatoms. The van der Waals surface area contributed by atoms with Gasteiger partial charge in [0.25, 0.3) is 5.91 Å². The van der Waals surface area contributed by atoms with E-state index in [0.717, 1.165) is 4.90 Å². The third kappa shape index (κ3) is 4.56. The van der Waals surface area contributed by atoms with Crippen molar-refractivity contribution in [1.82, 2.24) is 10.2 Å². The van der Waals surface area contributed by atoms with E-state index in [1.807, 2.05) is 0 Å². The van der Waals surface area contributed by atoms with Crippen LogP contribution in [0.5, 0.6) is 0 Å². The van der Waals surface area contributed by atoms with Crippen molar-refractivity contribution in [3.8, 4) is 0 Å². The van der Waals surface area contributed by atoms with E-state index in [1.54, 1.807) is 30.3 Å². The number of carboxylic acid groups (broad SMARTS) is 1. The van der Waals surface area contributed by atoms with Crippen molar-refractivity contribution in [2.24, 2.45) is 5.73 Å². The lowest BCUT2D eigenvalue weighted by Crippen LogP contribution is -2.72. The van der Waals surface area contributed by atoms with E-state index in [9.17, 15) is 34.5 Å². The first kappa shape index (κ1) is 26.0. The van der Waals surface area contributed by atoms with E-state index in [4.69, 9.17) is 31.9 Å². The second kappa shape index (κ2) is 10.1. The third-order valence-corrected chi connectivity index (χ3v) is 6.71. The number of allylic oxidation sites excluding steroid dienone is 1. The minimum atomic E-state index is -1.99. The molecule has 1 aromatic carbocycles. The van der Waals surface area contributed by atoms with Crippen LogP contribution in [0.2, 0.25) is 0 Å². The number of hydrogen-bond donors (Lipinski definition) is 6. The molecule has 4 rings (SSSR count). The number of carbonyl (C=O) groups is 4. The van der Waals surface area contributed by atoms with Crippen molar-refractivity contribution in [2.75, 3.05) is 0 Å². The summed E-state index contributed by atoms with van der Waals surface area (Å²) in [6.45, 7) is 0. The fourth-order valence-corrected chi connectivity index (χ4v) is 4.65. The predicted octanol–water partition coefficient (Wildman–Crippen LogP) is -1.94. The number of nitrogens with two attached hydrogens (primary N) is 1. The van der Waals surface area contributed by atoms with E-state index >= 15 is 0 Å². The van der Waals surface area contributed by atoms with Crippen molar-refractivity contribution in [3.05, 3.63) is 46.6 Å². The zero-order chi connectivity index (χ0) is 26.3. The molecule has 2 amide bonds. The van der Waals surface area contributed by atoms with Gasteiger partial charge in [-0.2, -0.15) is 0 Å². The van der Waals surface area contributed by atoms with Crippen molar-refractivity contribution in [2.45, 2.75) is 61.7 Å². The first-order valence-electron chi connectivity index (χ1n) is 11.0. The molecule has 3 aliphatic rings. The normalized spacial score (nSPS) is 32.8. The minimum Gasteiger partial charge on any atom is -0.479 e. The third-order valence-electron chi connectivity index (χ3n) is 6.35. The number of halogens is 1. The number of β-lactam (4-membered cyclic amide) rings is 1. The van der Waals surface area contributed by atoms with Crippen LogP contribution in [-0.2, 0) is 28.7 Å². The number of carboxylic acids is 1. The van der Waals surface area contributed by atoms with Gasteiger partial charge in [0.2, 0.25) is 12.2 Å². The molecule has 0 aromatic heterocycles. The predicted molar refractivity (Wildman–Crippen MR) is 118 cm³/mol. The van der Waals surface area contributed by atoms with Crippen LogP contribution in [0.1, 0.15) is 24.4 Å². The van der Waals surface area contributed by atoms with E-state index in [-0.39, 0.29) is 17.2 Å². The highest BCUT2D eigenvalue weighted by Crippen LogP contribution is 2.39. The maximum absolute atomic E-state index is 12.9. The molecule has 0 aliphatic carbocycles. The van der Waals surface area contributed by atoms with Gasteiger partial charge in [-0.05, 0) is 18.4 Å². The molecule has 0 bridgehead atoms. The van der Waals surface area contributed by atoms with Gasteiger partial charge >= 0.3 is 11.9 Å². The number of nitrogens with one attached hydrogen (secondary N) is 1. The van der Waals surface area contributed by atoms with Crippen LogP contribution in [0, 0.1) is 0 Å². The SMILES string of the molecule is N[C@@H](C(=O)N[C@@H]1C(=O)N2C(C(=O)OC3OC(C(=O)O)C(O)C(O)C3O)=C(Cl)CC[C@H]12)c1ccccc1. The van der Waals surface area contributed by atoms with Crippen LogP contribution in [-0.4, -0.2) is 91.9 Å². The Hall–Kier alpha value is -3.07. The molecule has 2 saturated heterocycles. The molecule has 3 heterocycles. The van der Waals surface area contributed by atoms with Gasteiger partial charge in [-0.3, -0.25) is 14.5 Å². The Bertz CT molecular complexity index is 1100. The van der Waals surface area contributed by atoms with Crippen LogP contribution in [0.3, 0.4) is 0 Å². The molecular formula is C22H24ClN3O10. The van der Waals surface area contributed by atoms with E-state index in [0.29, 0.717) is 12.0 Å². The summed E-state index contributed by atoms with van der Waals surface area (Å²) in [6, 6.07) is 5.92. The van der Waals surface area contributed by atoms with Gasteiger partial charge in [0.05, 0.1) is 6.04 Å². The summed E-state index contributed by atoms with van der Waals surface area (Å²) in [4.78, 5) is 50.7. The Morgan fingerprint density at radius 3 is 2.44 bits per heavy atom. The standard InChI is InChI=1S/C22H24ClN3O10/c23-9-6-7-10-12(25-18(30)11(24)8-4-2-1-3-5-8)19(31)26(10)13(9)21(34)36-22-16(29)14(27)15(28)17(35-22)20(32)33/h1-5,10-12,14-17,22,27-29H,6-7,24H2,(H,25,30)(H,32,33)/t10-,11-,12+,14?,15?,16?,17?,22?/m1/s1. The molecule has 13 nitrogen and oxygen atoms in total. The summed E-state index contributed by atoms with van der Waals surface area (Å²) in [5.74, 6) is -4.12. The van der Waals surface area contributed by atoms with Gasteiger partial charge in [-0.25, -0.2) is 9.59 Å². The average Bonchev–Trinajstić information content (AvgIpc) is 2.86. The molecule has 8 atom stereocenters. The van der Waals surface area contributed by atoms with Crippen LogP contribution in [0.4, 0.5) is 0 Å². The number of ether oxygens (including phenoxy) is 2. The van der Waals surface area contributed by atoms with E-state index in [1.165, 1.54) is 0 Å². The Morgan fingerprint density at radius 2 is 1.81 bits per heavy atom. The highest BCUT2D eigenvalue weighted by atomic mass is 35.5. The van der Waals surface area contributed by atoms with Gasteiger partial charge in [-0.1, -0.05) is 41.9 Å². The summed E-state index contributed by atoms with van der Waals surface area (Å²) >= 11 is 6.20. The number of rotatable bonds is 6. The highest BCUT2D eigenvalue weighted by Gasteiger charge is 2.55. The molecule has 0 radical (unpaired) electrons. The van der Waals surface area contributed by atoms with Crippen LogP contribution in [0.25, 0.3) is 0 Å². The van der Waals surface area contributed by atoms with Crippen molar-refractivity contribution < 1.29 is 49.1 Å². The first-order chi connectivity index (χ1) is 17.0. The van der Waals surface area contributed by atoms with Crippen molar-refractivity contribution in [1.29, 1.82) is 0 Å². The molecule has 2 fully saturated rings. The Balaban J connectivity index is 1.45. The average molecular weight is 526 g/mol. The number of nitrogens with zero attached hydrogens (tertiary/aromatic N) is 1. The molecule has 3 aliphatic heterocycles. The highest BCUT2D eigenvalue weighted by molar-refractivity contribution is 6.32. The van der Waals surface area contributed by atoms with Crippen molar-refractivity contribution in [3.63, 3.8) is 0 Å². The van der Waals surface area contributed by atoms with Crippen molar-refractivity contribution >= 4 is 35.4 Å². The molecule has 36 heavy (non-hydrogen) atoms. The number of aliphatic hydroxyl groups is 3. The molecule has 0 saturated carbocycles. The lowest BCUT2D eigenvalue weighted by Gasteiger charge is -2.50. The number of esters is 1. The maximum atomic E-state index is 12.9. The lowest BCUT2D eigenvalue weighted by molar-refractivity contribution is -0.285. The summed E-state index contributed by atoms with van der Waals surface area (Å²) in [5, 5.41) is 41.5. The molecule has 1 aromatic rings. The fourth-order valence-electron chi connectivity index (χ4n) is 4.37. The summed E-state index contributed by atoms with van der Waals surface area (Å²) in [7, 11) is 0. The number of aliphatic carboxylic acids is 1. The van der Waals surface area contributed by atoms with Gasteiger partial charge in [0, 0.05) is 5.03 Å². The lowest BCUT2D eigenvalue weighted by atomic mass is 9.86. The quantitative estimate of drug-likeness (QED) is 0.178. The molecule has 7 N–H and O–H groups in total. The molecular weight excluding hydrogens is 502 g/mol. The number of hydrogen-bond acceptors (Lipinski definition) is 10. The Labute approximate surface area is 209 Å². The Kier molecular flexibility index (Phi) is 7.31. The minimum absolute atomic E-state index is 0.0315. The Morgan fingerprint density at radius 1 is 1.14 bits per heavy atom. The molecule has 194 valence electrons. The summed E-state index contributed by atoms with van der Waals surface area (Å²) in [6.07, 6.45) is -9.41. The largest absolute Gasteiger partial charge is 0.479 e. The number of benzene rings is 1. The van der Waals surface area contributed by atoms with Crippen LogP contribution < -0.4 is 11.1 Å². The van der Waals surface area contributed by atoms with E-state index in [2.05, 4.69) is 5.32 Å². The van der Waals surface area contributed by atoms with Gasteiger partial charge in [0.15, 0.2) is 6.10 Å². The monoisotopic (exact) mass is 525 g/mol. The molecule has 0 spiro atoms. The zero-order valence-electron chi connectivity index (χ0n) is 18.6. The van der Waals surface area contributed by atoms with Crippen LogP contribution in [0.15, 0.2) is 41.1 Å². The second-order valence-corrected chi connectivity index (χ2v) is 9.04. The maximum Gasteiger partial charge on any atom is 0.358 e. The topological polar surface area (TPSA) is 209 Å². The smallest absolute Gasteiger partial charge is 0.358 e. The van der Waals surface area contributed by atoms with Gasteiger partial charge in [-0.15, -0.1) is 0 Å². The van der Waals surface area contributed by atoms with Gasteiger partial charge in [0.1, 0.15) is 36.1 Å².